The summed E-state index contributed by atoms with van der Waals surface area (Å²) < 4.78 is 4.63. The van der Waals surface area contributed by atoms with E-state index in [0.717, 1.165) is 17.8 Å². The van der Waals surface area contributed by atoms with Crippen molar-refractivity contribution in [3.63, 3.8) is 0 Å². The lowest BCUT2D eigenvalue weighted by atomic mass is 10.2. The van der Waals surface area contributed by atoms with E-state index in [0.29, 0.717) is 29.7 Å². The van der Waals surface area contributed by atoms with E-state index in [-0.39, 0.29) is 5.97 Å². The minimum Gasteiger partial charge on any atom is -0.469 e. The van der Waals surface area contributed by atoms with Crippen LogP contribution in [0.2, 0.25) is 10.2 Å². The van der Waals surface area contributed by atoms with Crippen molar-refractivity contribution in [1.82, 2.24) is 9.88 Å². The lowest BCUT2D eigenvalue weighted by molar-refractivity contribution is -0.141. The average molecular weight is 305 g/mol. The fourth-order valence-electron chi connectivity index (χ4n) is 1.69. The first kappa shape index (κ1) is 16.2. The fourth-order valence-corrected chi connectivity index (χ4v) is 2.34. The SMILES string of the molecule is CCN(CCC(=O)OC)Cc1c(Cl)cc(C)nc1Cl. The maximum atomic E-state index is 11.1. The topological polar surface area (TPSA) is 42.4 Å². The van der Waals surface area contributed by atoms with E-state index < -0.39 is 0 Å². The van der Waals surface area contributed by atoms with E-state index in [1.165, 1.54) is 7.11 Å². The number of aromatic nitrogens is 1. The standard InChI is InChI=1S/C13H18Cl2N2O2/c1-4-17(6-5-12(18)19-3)8-10-11(14)7-9(2)16-13(10)15/h7H,4-6,8H2,1-3H3. The number of rotatable bonds is 6. The molecule has 1 rings (SSSR count). The number of nitrogens with zero attached hydrogens (tertiary/aromatic N) is 2. The molecule has 106 valence electrons. The molecule has 0 bridgehead atoms. The highest BCUT2D eigenvalue weighted by molar-refractivity contribution is 6.35. The zero-order chi connectivity index (χ0) is 14.4. The van der Waals surface area contributed by atoms with Gasteiger partial charge in [0.15, 0.2) is 0 Å². The molecule has 1 aromatic rings. The lowest BCUT2D eigenvalue weighted by Crippen LogP contribution is -2.26. The van der Waals surface area contributed by atoms with Crippen molar-refractivity contribution in [3.05, 3.63) is 27.5 Å². The molecule has 0 radical (unpaired) electrons. The molecular formula is C13H18Cl2N2O2. The highest BCUT2D eigenvalue weighted by Crippen LogP contribution is 2.25. The third-order valence-electron chi connectivity index (χ3n) is 2.84. The summed E-state index contributed by atoms with van der Waals surface area (Å²) >= 11 is 12.3. The van der Waals surface area contributed by atoms with Gasteiger partial charge in [-0.3, -0.25) is 9.69 Å². The van der Waals surface area contributed by atoms with E-state index in [2.05, 4.69) is 14.6 Å². The van der Waals surface area contributed by atoms with E-state index in [4.69, 9.17) is 23.2 Å². The van der Waals surface area contributed by atoms with Gasteiger partial charge in [0.1, 0.15) is 5.15 Å². The second kappa shape index (κ2) is 7.68. The van der Waals surface area contributed by atoms with E-state index in [9.17, 15) is 4.79 Å². The summed E-state index contributed by atoms with van der Waals surface area (Å²) in [5.74, 6) is -0.224. The Morgan fingerprint density at radius 1 is 1.47 bits per heavy atom. The predicted molar refractivity (Wildman–Crippen MR) is 76.6 cm³/mol. The van der Waals surface area contributed by atoms with E-state index >= 15 is 0 Å². The van der Waals surface area contributed by atoms with Gasteiger partial charge < -0.3 is 4.74 Å². The molecule has 4 nitrogen and oxygen atoms in total. The highest BCUT2D eigenvalue weighted by atomic mass is 35.5. The van der Waals surface area contributed by atoms with Crippen LogP contribution in [0, 0.1) is 6.92 Å². The highest BCUT2D eigenvalue weighted by Gasteiger charge is 2.13. The molecule has 0 aliphatic rings. The van der Waals surface area contributed by atoms with Crippen LogP contribution in [-0.2, 0) is 16.1 Å². The number of hydrogen-bond donors (Lipinski definition) is 0. The minimum absolute atomic E-state index is 0.224. The van der Waals surface area contributed by atoms with Gasteiger partial charge in [-0.05, 0) is 19.5 Å². The van der Waals surface area contributed by atoms with Crippen LogP contribution in [0.5, 0.6) is 0 Å². The molecule has 0 amide bonds. The van der Waals surface area contributed by atoms with Gasteiger partial charge in [-0.25, -0.2) is 4.98 Å². The summed E-state index contributed by atoms with van der Waals surface area (Å²) in [7, 11) is 1.39. The number of aryl methyl sites for hydroxylation is 1. The Labute approximate surface area is 123 Å². The smallest absolute Gasteiger partial charge is 0.306 e. The van der Waals surface area contributed by atoms with Gasteiger partial charge in [0.05, 0.1) is 13.5 Å². The molecule has 6 heteroatoms. The molecule has 0 aliphatic heterocycles. The van der Waals surface area contributed by atoms with Crippen LogP contribution in [0.3, 0.4) is 0 Å². The minimum atomic E-state index is -0.224. The molecule has 0 N–H and O–H groups in total. The van der Waals surface area contributed by atoms with Gasteiger partial charge in [-0.2, -0.15) is 0 Å². The molecule has 0 saturated heterocycles. The predicted octanol–water partition coefficient (Wildman–Crippen LogP) is 3.08. The van der Waals surface area contributed by atoms with Crippen molar-refractivity contribution in [2.24, 2.45) is 0 Å². The zero-order valence-electron chi connectivity index (χ0n) is 11.4. The quantitative estimate of drug-likeness (QED) is 0.598. The van der Waals surface area contributed by atoms with Crippen LogP contribution in [-0.4, -0.2) is 36.1 Å². The number of carbonyl (C=O) groups is 1. The Kier molecular flexibility index (Phi) is 6.55. The summed E-state index contributed by atoms with van der Waals surface area (Å²) in [6.45, 7) is 5.82. The number of esters is 1. The second-order valence-corrected chi connectivity index (χ2v) is 4.97. The molecule has 19 heavy (non-hydrogen) atoms. The van der Waals surface area contributed by atoms with Crippen molar-refractivity contribution in [2.75, 3.05) is 20.2 Å². The second-order valence-electron chi connectivity index (χ2n) is 4.21. The molecule has 1 aromatic heterocycles. The van der Waals surface area contributed by atoms with Gasteiger partial charge in [-0.15, -0.1) is 0 Å². The van der Waals surface area contributed by atoms with Crippen molar-refractivity contribution in [2.45, 2.75) is 26.8 Å². The average Bonchev–Trinajstić information content (AvgIpc) is 2.36. The number of carbonyl (C=O) groups excluding carboxylic acids is 1. The summed E-state index contributed by atoms with van der Waals surface area (Å²) in [6, 6.07) is 1.79. The summed E-state index contributed by atoms with van der Waals surface area (Å²) in [6.07, 6.45) is 0.346. The van der Waals surface area contributed by atoms with E-state index in [1.807, 2.05) is 13.8 Å². The summed E-state index contributed by atoms with van der Waals surface area (Å²) in [4.78, 5) is 17.4. The Balaban J connectivity index is 2.73. The van der Waals surface area contributed by atoms with Crippen LogP contribution >= 0.6 is 23.2 Å². The third kappa shape index (κ3) is 4.97. The summed E-state index contributed by atoms with van der Waals surface area (Å²) in [5.41, 5.74) is 1.58. The number of halogens is 2. The normalized spacial score (nSPS) is 10.8. The first-order chi connectivity index (χ1) is 8.97. The fraction of sp³-hybridized carbons (Fsp3) is 0.538. The van der Waals surface area contributed by atoms with Gasteiger partial charge >= 0.3 is 5.97 Å². The first-order valence-electron chi connectivity index (χ1n) is 6.08. The largest absolute Gasteiger partial charge is 0.469 e. The van der Waals surface area contributed by atoms with Crippen molar-refractivity contribution in [1.29, 1.82) is 0 Å². The molecule has 0 fully saturated rings. The van der Waals surface area contributed by atoms with Crippen molar-refractivity contribution < 1.29 is 9.53 Å². The Bertz CT molecular complexity index is 429. The first-order valence-corrected chi connectivity index (χ1v) is 6.84. The molecular weight excluding hydrogens is 287 g/mol. The molecule has 0 aliphatic carbocycles. The molecule has 0 aromatic carbocycles. The van der Waals surface area contributed by atoms with Crippen LogP contribution in [0.4, 0.5) is 0 Å². The van der Waals surface area contributed by atoms with Crippen molar-refractivity contribution >= 4 is 29.2 Å². The Morgan fingerprint density at radius 3 is 2.68 bits per heavy atom. The van der Waals surface area contributed by atoms with Crippen LogP contribution in [0.15, 0.2) is 6.07 Å². The van der Waals surface area contributed by atoms with Crippen LogP contribution < -0.4 is 0 Å². The van der Waals surface area contributed by atoms with Crippen molar-refractivity contribution in [3.8, 4) is 0 Å². The maximum absolute atomic E-state index is 11.1. The Hall–Kier alpha value is -0.840. The lowest BCUT2D eigenvalue weighted by Gasteiger charge is -2.21. The Morgan fingerprint density at radius 2 is 2.16 bits per heavy atom. The molecule has 0 atom stereocenters. The number of ether oxygens (including phenoxy) is 1. The summed E-state index contributed by atoms with van der Waals surface area (Å²) in [5, 5.41) is 1.02. The van der Waals surface area contributed by atoms with Crippen LogP contribution in [0.1, 0.15) is 24.6 Å². The van der Waals surface area contributed by atoms with Gasteiger partial charge in [0, 0.05) is 29.4 Å². The van der Waals surface area contributed by atoms with E-state index in [1.54, 1.807) is 6.07 Å². The zero-order valence-corrected chi connectivity index (χ0v) is 12.9. The maximum Gasteiger partial charge on any atom is 0.306 e. The van der Waals surface area contributed by atoms with Gasteiger partial charge in [-0.1, -0.05) is 30.1 Å². The molecule has 0 saturated carbocycles. The number of hydrogen-bond acceptors (Lipinski definition) is 4. The van der Waals surface area contributed by atoms with Gasteiger partial charge in [0.25, 0.3) is 0 Å². The monoisotopic (exact) mass is 304 g/mol. The molecule has 0 spiro atoms. The molecule has 1 heterocycles. The van der Waals surface area contributed by atoms with Gasteiger partial charge in [0.2, 0.25) is 0 Å². The third-order valence-corrected chi connectivity index (χ3v) is 3.49. The molecule has 0 unspecified atom stereocenters. The number of methoxy groups -OCH3 is 1. The number of pyridine rings is 1. The van der Waals surface area contributed by atoms with Crippen LogP contribution in [0.25, 0.3) is 0 Å².